The van der Waals surface area contributed by atoms with Gasteiger partial charge in [-0.05, 0) is 56.4 Å². The lowest BCUT2D eigenvalue weighted by Crippen LogP contribution is -2.22. The zero-order valence-electron chi connectivity index (χ0n) is 16.1. The monoisotopic (exact) mass is 412 g/mol. The van der Waals surface area contributed by atoms with E-state index in [1.807, 2.05) is 6.92 Å². The van der Waals surface area contributed by atoms with Crippen LogP contribution in [0.5, 0.6) is 5.75 Å². The van der Waals surface area contributed by atoms with E-state index < -0.39 is 17.4 Å². The molecular weight excluding hydrogens is 392 g/mol. The van der Waals surface area contributed by atoms with Gasteiger partial charge in [-0.15, -0.1) is 11.3 Å². The van der Waals surface area contributed by atoms with E-state index in [1.165, 1.54) is 17.4 Å². The van der Waals surface area contributed by atoms with Gasteiger partial charge in [0.2, 0.25) is 0 Å². The molecule has 0 fully saturated rings. The molecule has 1 aliphatic rings. The Hall–Kier alpha value is -3.13. The third kappa shape index (κ3) is 3.51. The summed E-state index contributed by atoms with van der Waals surface area (Å²) in [7, 11) is 0. The number of nitrogens with two attached hydrogens (primary N) is 1. The summed E-state index contributed by atoms with van der Waals surface area (Å²) in [6.45, 7) is 3.36. The lowest BCUT2D eigenvalue weighted by molar-refractivity contribution is -0.118. The van der Waals surface area contributed by atoms with Crippen LogP contribution in [0.4, 0.5) is 5.00 Å². The van der Waals surface area contributed by atoms with Crippen molar-refractivity contribution in [3.8, 4) is 5.75 Å². The molecule has 0 aliphatic heterocycles. The number of amides is 2. The molecule has 150 valence electrons. The summed E-state index contributed by atoms with van der Waals surface area (Å²) >= 11 is 1.40. The topological polar surface area (TPSA) is 112 Å². The predicted octanol–water partition coefficient (Wildman–Crippen LogP) is 3.08. The molecule has 0 spiro atoms. The fourth-order valence-corrected chi connectivity index (χ4v) is 5.03. The van der Waals surface area contributed by atoms with Crippen molar-refractivity contribution < 1.29 is 18.7 Å². The van der Waals surface area contributed by atoms with E-state index in [0.29, 0.717) is 27.5 Å². The van der Waals surface area contributed by atoms with Crippen molar-refractivity contribution in [2.75, 3.05) is 11.9 Å². The van der Waals surface area contributed by atoms with Crippen molar-refractivity contribution in [1.29, 1.82) is 0 Å². The molecule has 0 unspecified atom stereocenters. The van der Waals surface area contributed by atoms with Crippen LogP contribution in [0.15, 0.2) is 27.4 Å². The van der Waals surface area contributed by atoms with Crippen LogP contribution in [-0.4, -0.2) is 18.4 Å². The second-order valence-electron chi connectivity index (χ2n) is 7.08. The van der Waals surface area contributed by atoms with Crippen molar-refractivity contribution in [3.63, 3.8) is 0 Å². The van der Waals surface area contributed by atoms with Gasteiger partial charge in [-0.3, -0.25) is 9.59 Å². The molecule has 0 radical (unpaired) electrons. The molecule has 3 aromatic rings. The van der Waals surface area contributed by atoms with Crippen LogP contribution in [0.1, 0.15) is 38.3 Å². The van der Waals surface area contributed by atoms with E-state index in [2.05, 4.69) is 5.32 Å². The van der Waals surface area contributed by atoms with E-state index in [1.54, 1.807) is 19.1 Å². The highest BCUT2D eigenvalue weighted by Gasteiger charge is 2.26. The fourth-order valence-electron chi connectivity index (χ4n) is 3.72. The zero-order chi connectivity index (χ0) is 20.7. The van der Waals surface area contributed by atoms with E-state index in [-0.39, 0.29) is 6.61 Å². The summed E-state index contributed by atoms with van der Waals surface area (Å²) in [5.41, 5.74) is 8.35. The highest BCUT2D eigenvalue weighted by molar-refractivity contribution is 7.17. The summed E-state index contributed by atoms with van der Waals surface area (Å²) in [6, 6.07) is 4.97. The molecule has 0 atom stereocenters. The Balaban J connectivity index is 1.52. The lowest BCUT2D eigenvalue weighted by Gasteiger charge is -2.11. The minimum atomic E-state index is -0.531. The van der Waals surface area contributed by atoms with Gasteiger partial charge in [0.25, 0.3) is 11.8 Å². The molecule has 0 saturated heterocycles. The maximum atomic E-state index is 12.4. The van der Waals surface area contributed by atoms with Crippen LogP contribution >= 0.6 is 11.3 Å². The maximum absolute atomic E-state index is 12.4. The number of primary amides is 1. The predicted molar refractivity (Wildman–Crippen MR) is 111 cm³/mol. The number of hydrogen-bond donors (Lipinski definition) is 2. The molecule has 7 nitrogen and oxygen atoms in total. The largest absolute Gasteiger partial charge is 0.483 e. The number of nitrogens with one attached hydrogen (secondary N) is 1. The third-order valence-electron chi connectivity index (χ3n) is 5.10. The van der Waals surface area contributed by atoms with E-state index >= 15 is 0 Å². The Labute approximate surface area is 170 Å². The van der Waals surface area contributed by atoms with Gasteiger partial charge in [-0.1, -0.05) is 0 Å². The molecule has 0 bridgehead atoms. The SMILES string of the molecule is Cc1cc(=O)oc2c(C)c(OCC(=O)Nc3sc4c(c3C(N)=O)CCC4)ccc12. The van der Waals surface area contributed by atoms with Crippen molar-refractivity contribution in [2.45, 2.75) is 33.1 Å². The van der Waals surface area contributed by atoms with Crippen molar-refractivity contribution in [3.05, 3.63) is 55.8 Å². The van der Waals surface area contributed by atoms with Crippen molar-refractivity contribution >= 4 is 39.1 Å². The number of anilines is 1. The number of hydrogen-bond acceptors (Lipinski definition) is 6. The molecule has 2 amide bonds. The first-order valence-electron chi connectivity index (χ1n) is 9.26. The number of fused-ring (bicyclic) bond motifs is 2. The first-order chi connectivity index (χ1) is 13.8. The van der Waals surface area contributed by atoms with Crippen LogP contribution in [0.3, 0.4) is 0 Å². The van der Waals surface area contributed by atoms with Gasteiger partial charge in [0, 0.05) is 21.9 Å². The molecule has 1 aliphatic carbocycles. The fraction of sp³-hybridized carbons (Fsp3) is 0.286. The Morgan fingerprint density at radius 1 is 1.28 bits per heavy atom. The van der Waals surface area contributed by atoms with E-state index in [4.69, 9.17) is 14.9 Å². The minimum Gasteiger partial charge on any atom is -0.483 e. The van der Waals surface area contributed by atoms with Gasteiger partial charge in [-0.2, -0.15) is 0 Å². The van der Waals surface area contributed by atoms with Gasteiger partial charge in [0.05, 0.1) is 5.56 Å². The Bertz CT molecular complexity index is 1210. The van der Waals surface area contributed by atoms with Gasteiger partial charge in [0.1, 0.15) is 16.3 Å². The smallest absolute Gasteiger partial charge is 0.336 e. The molecule has 2 aromatic heterocycles. The Morgan fingerprint density at radius 2 is 2.07 bits per heavy atom. The summed E-state index contributed by atoms with van der Waals surface area (Å²) in [5, 5.41) is 4.04. The highest BCUT2D eigenvalue weighted by Crippen LogP contribution is 2.38. The second-order valence-corrected chi connectivity index (χ2v) is 8.18. The quantitative estimate of drug-likeness (QED) is 0.626. The zero-order valence-corrected chi connectivity index (χ0v) is 16.9. The summed E-state index contributed by atoms with van der Waals surface area (Å²) in [6.07, 6.45) is 2.70. The minimum absolute atomic E-state index is 0.247. The Morgan fingerprint density at radius 3 is 2.83 bits per heavy atom. The second kappa shape index (κ2) is 7.36. The van der Waals surface area contributed by atoms with Crippen molar-refractivity contribution in [1.82, 2.24) is 0 Å². The van der Waals surface area contributed by atoms with Gasteiger partial charge >= 0.3 is 5.63 Å². The standard InChI is InChI=1S/C21H20N2O5S/c1-10-8-17(25)28-19-11(2)14(7-6-12(10)19)27-9-16(24)23-21-18(20(22)26)13-4-3-5-15(13)29-21/h6-8H,3-5,9H2,1-2H3,(H2,22,26)(H,23,24). The van der Waals surface area contributed by atoms with Gasteiger partial charge in [0.15, 0.2) is 6.61 Å². The first kappa shape index (κ1) is 19.2. The summed E-state index contributed by atoms with van der Waals surface area (Å²) in [5.74, 6) is -0.473. The highest BCUT2D eigenvalue weighted by atomic mass is 32.1. The number of carbonyl (C=O) groups excluding carboxylic acids is 2. The van der Waals surface area contributed by atoms with E-state index in [0.717, 1.165) is 40.7 Å². The number of aryl methyl sites for hydroxylation is 3. The van der Waals surface area contributed by atoms with Crippen LogP contribution in [-0.2, 0) is 17.6 Å². The molecular formula is C21H20N2O5S. The number of ether oxygens (including phenoxy) is 1. The van der Waals surface area contributed by atoms with Gasteiger partial charge < -0.3 is 20.2 Å². The molecule has 29 heavy (non-hydrogen) atoms. The summed E-state index contributed by atoms with van der Waals surface area (Å²) in [4.78, 5) is 37.0. The Kier molecular flexibility index (Phi) is 4.87. The normalized spacial score (nSPS) is 12.8. The van der Waals surface area contributed by atoms with E-state index in [9.17, 15) is 14.4 Å². The molecule has 3 N–H and O–H groups in total. The molecule has 2 heterocycles. The van der Waals surface area contributed by atoms with Crippen molar-refractivity contribution in [2.24, 2.45) is 5.73 Å². The number of carbonyl (C=O) groups is 2. The summed E-state index contributed by atoms with van der Waals surface area (Å²) < 4.78 is 11.0. The molecule has 4 rings (SSSR count). The van der Waals surface area contributed by atoms with Crippen LogP contribution in [0.2, 0.25) is 0 Å². The average Bonchev–Trinajstić information content (AvgIpc) is 3.22. The first-order valence-corrected chi connectivity index (χ1v) is 10.1. The number of thiophene rings is 1. The maximum Gasteiger partial charge on any atom is 0.336 e. The lowest BCUT2D eigenvalue weighted by atomic mass is 10.1. The van der Waals surface area contributed by atoms with Crippen LogP contribution in [0.25, 0.3) is 11.0 Å². The third-order valence-corrected chi connectivity index (χ3v) is 6.30. The molecule has 1 aromatic carbocycles. The number of benzene rings is 1. The van der Waals surface area contributed by atoms with Crippen LogP contribution in [0, 0.1) is 13.8 Å². The van der Waals surface area contributed by atoms with Gasteiger partial charge in [-0.25, -0.2) is 4.79 Å². The van der Waals surface area contributed by atoms with Crippen LogP contribution < -0.4 is 21.4 Å². The molecule has 0 saturated carbocycles. The number of rotatable bonds is 5. The average molecular weight is 412 g/mol. The molecule has 8 heteroatoms.